The van der Waals surface area contributed by atoms with Crippen molar-refractivity contribution in [3.8, 4) is 0 Å². The number of benzene rings is 1. The number of carbonyl (C=O) groups excluding carboxylic acids is 1. The summed E-state index contributed by atoms with van der Waals surface area (Å²) in [5, 5.41) is 6.04. The Morgan fingerprint density at radius 1 is 1.23 bits per heavy atom. The van der Waals surface area contributed by atoms with Crippen LogP contribution in [0.15, 0.2) is 29.8 Å². The van der Waals surface area contributed by atoms with E-state index in [2.05, 4.69) is 21.3 Å². The van der Waals surface area contributed by atoms with Crippen molar-refractivity contribution in [3.63, 3.8) is 0 Å². The molecule has 1 aliphatic rings. The second-order valence-corrected chi connectivity index (χ2v) is 6.41. The second-order valence-electron chi connectivity index (χ2n) is 5.54. The molecule has 0 atom stereocenters. The first-order valence-electron chi connectivity index (χ1n) is 7.41. The summed E-state index contributed by atoms with van der Waals surface area (Å²) in [6.07, 6.45) is 1.82. The minimum atomic E-state index is -0.0208. The summed E-state index contributed by atoms with van der Waals surface area (Å²) >= 11 is 1.64. The minimum Gasteiger partial charge on any atom is -0.345 e. The topological polar surface area (TPSA) is 48.5 Å². The molecular formula is C16H20N4OS. The van der Waals surface area contributed by atoms with Crippen LogP contribution in [0.1, 0.15) is 11.1 Å². The number of aryl methyl sites for hydroxylation is 2. The van der Waals surface area contributed by atoms with Crippen molar-refractivity contribution in [2.75, 3.05) is 36.4 Å². The van der Waals surface area contributed by atoms with Crippen LogP contribution in [0.25, 0.3) is 0 Å². The standard InChI is InChI=1S/C16H20N4OS/c1-12-3-4-13(2)14(11-12)18-15(21)19-6-8-20(9-7-19)16-17-5-10-22-16/h3-5,10-11H,6-9H2,1-2H3,(H,18,21). The van der Waals surface area contributed by atoms with E-state index in [0.717, 1.165) is 48.1 Å². The van der Waals surface area contributed by atoms with E-state index in [0.29, 0.717) is 0 Å². The first-order valence-corrected chi connectivity index (χ1v) is 8.29. The number of hydrogen-bond donors (Lipinski definition) is 1. The first kappa shape index (κ1) is 14.8. The van der Waals surface area contributed by atoms with Gasteiger partial charge in [0.15, 0.2) is 5.13 Å². The van der Waals surface area contributed by atoms with Crippen LogP contribution < -0.4 is 10.2 Å². The Bertz CT molecular complexity index is 648. The van der Waals surface area contributed by atoms with Crippen LogP contribution in [0.2, 0.25) is 0 Å². The lowest BCUT2D eigenvalue weighted by Gasteiger charge is -2.34. The average molecular weight is 316 g/mol. The quantitative estimate of drug-likeness (QED) is 0.926. The van der Waals surface area contributed by atoms with Crippen LogP contribution in [-0.2, 0) is 0 Å². The predicted octanol–water partition coefficient (Wildman–Crippen LogP) is 3.11. The Kier molecular flexibility index (Phi) is 4.29. The van der Waals surface area contributed by atoms with Crippen LogP contribution in [-0.4, -0.2) is 42.1 Å². The Morgan fingerprint density at radius 3 is 2.68 bits per heavy atom. The summed E-state index contributed by atoms with van der Waals surface area (Å²) in [5.74, 6) is 0. The normalized spacial score (nSPS) is 15.0. The maximum absolute atomic E-state index is 12.4. The van der Waals surface area contributed by atoms with Gasteiger partial charge in [0.2, 0.25) is 0 Å². The van der Waals surface area contributed by atoms with Gasteiger partial charge in [-0.25, -0.2) is 9.78 Å². The number of amides is 2. The van der Waals surface area contributed by atoms with Gasteiger partial charge in [0.1, 0.15) is 0 Å². The number of urea groups is 1. The molecular weight excluding hydrogens is 296 g/mol. The fourth-order valence-electron chi connectivity index (χ4n) is 2.54. The Labute approximate surface area is 134 Å². The number of aromatic nitrogens is 1. The zero-order valence-corrected chi connectivity index (χ0v) is 13.7. The molecule has 0 aliphatic carbocycles. The molecule has 1 saturated heterocycles. The third kappa shape index (κ3) is 3.22. The summed E-state index contributed by atoms with van der Waals surface area (Å²) < 4.78 is 0. The second kappa shape index (κ2) is 6.36. The van der Waals surface area contributed by atoms with Crippen molar-refractivity contribution in [1.82, 2.24) is 9.88 Å². The fraction of sp³-hybridized carbons (Fsp3) is 0.375. The summed E-state index contributed by atoms with van der Waals surface area (Å²) in [4.78, 5) is 20.8. The number of thiazole rings is 1. The summed E-state index contributed by atoms with van der Waals surface area (Å²) in [7, 11) is 0. The molecule has 2 heterocycles. The lowest BCUT2D eigenvalue weighted by atomic mass is 10.1. The maximum atomic E-state index is 12.4. The summed E-state index contributed by atoms with van der Waals surface area (Å²) in [5.41, 5.74) is 3.13. The van der Waals surface area contributed by atoms with Gasteiger partial charge in [-0.2, -0.15) is 0 Å². The molecule has 22 heavy (non-hydrogen) atoms. The average Bonchev–Trinajstić information content (AvgIpc) is 3.05. The minimum absolute atomic E-state index is 0.0208. The summed E-state index contributed by atoms with van der Waals surface area (Å²) in [6.45, 7) is 7.13. The van der Waals surface area contributed by atoms with Gasteiger partial charge in [-0.3, -0.25) is 0 Å². The number of carbonyl (C=O) groups is 1. The lowest BCUT2D eigenvalue weighted by molar-refractivity contribution is 0.208. The zero-order chi connectivity index (χ0) is 15.5. The van der Waals surface area contributed by atoms with Gasteiger partial charge in [0, 0.05) is 43.4 Å². The molecule has 1 aliphatic heterocycles. The number of nitrogens with zero attached hydrogens (tertiary/aromatic N) is 3. The van der Waals surface area contributed by atoms with Crippen molar-refractivity contribution in [1.29, 1.82) is 0 Å². The van der Waals surface area contributed by atoms with Gasteiger partial charge >= 0.3 is 6.03 Å². The largest absolute Gasteiger partial charge is 0.345 e. The Hall–Kier alpha value is -2.08. The first-order chi connectivity index (χ1) is 10.6. The van der Waals surface area contributed by atoms with Crippen LogP contribution in [0.3, 0.4) is 0 Å². The van der Waals surface area contributed by atoms with E-state index in [4.69, 9.17) is 0 Å². The molecule has 1 fully saturated rings. The highest BCUT2D eigenvalue weighted by molar-refractivity contribution is 7.13. The molecule has 2 amide bonds. The summed E-state index contributed by atoms with van der Waals surface area (Å²) in [6, 6.07) is 6.08. The van der Waals surface area contributed by atoms with Crippen molar-refractivity contribution in [2.24, 2.45) is 0 Å². The predicted molar refractivity (Wildman–Crippen MR) is 90.8 cm³/mol. The molecule has 1 aromatic heterocycles. The van der Waals surface area contributed by atoms with Crippen molar-refractivity contribution in [3.05, 3.63) is 40.9 Å². The molecule has 0 spiro atoms. The van der Waals surface area contributed by atoms with E-state index >= 15 is 0 Å². The van der Waals surface area contributed by atoms with Gasteiger partial charge in [0.25, 0.3) is 0 Å². The SMILES string of the molecule is Cc1ccc(C)c(NC(=O)N2CCN(c3nccs3)CC2)c1. The molecule has 0 unspecified atom stereocenters. The Balaban J connectivity index is 1.59. The molecule has 2 aromatic rings. The molecule has 0 radical (unpaired) electrons. The number of anilines is 2. The van der Waals surface area contributed by atoms with Gasteiger partial charge in [-0.05, 0) is 31.0 Å². The monoisotopic (exact) mass is 316 g/mol. The van der Waals surface area contributed by atoms with E-state index in [1.807, 2.05) is 42.5 Å². The zero-order valence-electron chi connectivity index (χ0n) is 12.9. The molecule has 0 bridgehead atoms. The molecule has 1 N–H and O–H groups in total. The number of nitrogens with one attached hydrogen (secondary N) is 1. The van der Waals surface area contributed by atoms with E-state index in [-0.39, 0.29) is 6.03 Å². The van der Waals surface area contributed by atoms with Gasteiger partial charge in [-0.15, -0.1) is 11.3 Å². The molecule has 6 heteroatoms. The van der Waals surface area contributed by atoms with Gasteiger partial charge in [-0.1, -0.05) is 12.1 Å². The molecule has 116 valence electrons. The number of rotatable bonds is 2. The van der Waals surface area contributed by atoms with Crippen LogP contribution >= 0.6 is 11.3 Å². The van der Waals surface area contributed by atoms with Crippen LogP contribution in [0, 0.1) is 13.8 Å². The van der Waals surface area contributed by atoms with Gasteiger partial charge < -0.3 is 15.1 Å². The van der Waals surface area contributed by atoms with E-state index in [1.54, 1.807) is 11.3 Å². The fourth-order valence-corrected chi connectivity index (χ4v) is 3.23. The lowest BCUT2D eigenvalue weighted by Crippen LogP contribution is -2.50. The van der Waals surface area contributed by atoms with Crippen LogP contribution in [0.4, 0.5) is 15.6 Å². The smallest absolute Gasteiger partial charge is 0.321 e. The molecule has 5 nitrogen and oxygen atoms in total. The van der Waals surface area contributed by atoms with Crippen molar-refractivity contribution >= 4 is 28.2 Å². The third-order valence-electron chi connectivity index (χ3n) is 3.89. The van der Waals surface area contributed by atoms with Crippen LogP contribution in [0.5, 0.6) is 0 Å². The van der Waals surface area contributed by atoms with Crippen molar-refractivity contribution < 1.29 is 4.79 Å². The molecule has 0 saturated carbocycles. The van der Waals surface area contributed by atoms with E-state index in [1.165, 1.54) is 0 Å². The molecule has 3 rings (SSSR count). The highest BCUT2D eigenvalue weighted by Gasteiger charge is 2.22. The van der Waals surface area contributed by atoms with Crippen molar-refractivity contribution in [2.45, 2.75) is 13.8 Å². The third-order valence-corrected chi connectivity index (χ3v) is 4.72. The number of piperazine rings is 1. The highest BCUT2D eigenvalue weighted by atomic mass is 32.1. The van der Waals surface area contributed by atoms with E-state index in [9.17, 15) is 4.79 Å². The van der Waals surface area contributed by atoms with E-state index < -0.39 is 0 Å². The van der Waals surface area contributed by atoms with Gasteiger partial charge in [0.05, 0.1) is 0 Å². The molecule has 1 aromatic carbocycles. The number of hydrogen-bond acceptors (Lipinski definition) is 4. The highest BCUT2D eigenvalue weighted by Crippen LogP contribution is 2.20. The maximum Gasteiger partial charge on any atom is 0.321 e. The Morgan fingerprint density at radius 2 is 2.00 bits per heavy atom.